The minimum absolute atomic E-state index is 0.245. The predicted octanol–water partition coefficient (Wildman–Crippen LogP) is 1.86. The van der Waals surface area contributed by atoms with Gasteiger partial charge in [-0.25, -0.2) is 9.97 Å². The molecule has 2 aromatic rings. The van der Waals surface area contributed by atoms with Crippen molar-refractivity contribution in [3.63, 3.8) is 0 Å². The molecule has 0 radical (unpaired) electrons. The summed E-state index contributed by atoms with van der Waals surface area (Å²) in [5.41, 5.74) is 0.827. The van der Waals surface area contributed by atoms with Crippen molar-refractivity contribution in [2.24, 2.45) is 5.92 Å². The number of aliphatic carboxylic acids is 1. The van der Waals surface area contributed by atoms with E-state index in [4.69, 9.17) is 9.47 Å². The predicted molar refractivity (Wildman–Crippen MR) is 102 cm³/mol. The second kappa shape index (κ2) is 7.69. The molecule has 1 aromatic heterocycles. The van der Waals surface area contributed by atoms with Crippen molar-refractivity contribution < 1.29 is 19.4 Å². The van der Waals surface area contributed by atoms with Gasteiger partial charge in [0.05, 0.1) is 20.1 Å². The molecule has 1 N–H and O–H groups in total. The Kier molecular flexibility index (Phi) is 5.34. The first-order valence-electron chi connectivity index (χ1n) is 8.64. The summed E-state index contributed by atoms with van der Waals surface area (Å²) in [5.74, 6) is 0.992. The highest BCUT2D eigenvalue weighted by Crippen LogP contribution is 2.42. The molecule has 1 aliphatic rings. The lowest BCUT2D eigenvalue weighted by Crippen LogP contribution is -2.24. The molecule has 144 valence electrons. The lowest BCUT2D eigenvalue weighted by Gasteiger charge is -2.21. The summed E-state index contributed by atoms with van der Waals surface area (Å²) in [4.78, 5) is 24.4. The highest BCUT2D eigenvalue weighted by atomic mass is 16.5. The summed E-state index contributed by atoms with van der Waals surface area (Å²) in [6.07, 6.45) is 1.50. The third-order valence-corrected chi connectivity index (χ3v) is 4.89. The van der Waals surface area contributed by atoms with Crippen LogP contribution in [0.4, 0.5) is 11.6 Å². The molecule has 0 amide bonds. The summed E-state index contributed by atoms with van der Waals surface area (Å²) < 4.78 is 10.9. The molecule has 1 aromatic carbocycles. The highest BCUT2D eigenvalue weighted by molar-refractivity contribution is 5.74. The summed E-state index contributed by atoms with van der Waals surface area (Å²) >= 11 is 0. The van der Waals surface area contributed by atoms with Crippen LogP contribution in [0.3, 0.4) is 0 Å². The quantitative estimate of drug-likeness (QED) is 0.822. The van der Waals surface area contributed by atoms with Gasteiger partial charge in [0.1, 0.15) is 18.0 Å². The van der Waals surface area contributed by atoms with Gasteiger partial charge in [-0.1, -0.05) is 12.1 Å². The lowest BCUT2D eigenvalue weighted by atomic mass is 9.88. The second-order valence-electron chi connectivity index (χ2n) is 6.67. The Balaban J connectivity index is 1.97. The number of anilines is 2. The van der Waals surface area contributed by atoms with Gasteiger partial charge in [-0.15, -0.1) is 0 Å². The highest BCUT2D eigenvalue weighted by Gasteiger charge is 2.41. The molecular formula is C19H24N4O4. The molecular weight excluding hydrogens is 348 g/mol. The van der Waals surface area contributed by atoms with Crippen molar-refractivity contribution >= 4 is 17.6 Å². The molecule has 0 aliphatic carbocycles. The van der Waals surface area contributed by atoms with Gasteiger partial charge in [0.25, 0.3) is 0 Å². The molecule has 0 unspecified atom stereocenters. The molecule has 2 atom stereocenters. The number of methoxy groups -OCH3 is 2. The van der Waals surface area contributed by atoms with E-state index >= 15 is 0 Å². The monoisotopic (exact) mass is 372 g/mol. The van der Waals surface area contributed by atoms with Crippen LogP contribution in [-0.4, -0.2) is 62.4 Å². The van der Waals surface area contributed by atoms with Gasteiger partial charge in [-0.05, 0) is 6.07 Å². The zero-order chi connectivity index (χ0) is 19.6. The molecule has 1 saturated heterocycles. The topological polar surface area (TPSA) is 88.0 Å². The SMILES string of the molecule is COc1cccc([C@H]2CN(c3cc(N(C)C)ncn3)C[C@@H]2C(=O)O)c1OC. The average Bonchev–Trinajstić information content (AvgIpc) is 3.13. The van der Waals surface area contributed by atoms with Gasteiger partial charge in [-0.3, -0.25) is 4.79 Å². The Bertz CT molecular complexity index is 827. The molecule has 0 saturated carbocycles. The summed E-state index contributed by atoms with van der Waals surface area (Å²) in [7, 11) is 6.94. The molecule has 1 aliphatic heterocycles. The van der Waals surface area contributed by atoms with Crippen LogP contribution < -0.4 is 19.3 Å². The third-order valence-electron chi connectivity index (χ3n) is 4.89. The zero-order valence-electron chi connectivity index (χ0n) is 15.9. The maximum Gasteiger partial charge on any atom is 0.308 e. The standard InChI is InChI=1S/C19H24N4O4/c1-22(2)16-8-17(21-11-20-16)23-9-13(14(10-23)19(24)25)12-6-5-7-15(26-3)18(12)27-4/h5-8,11,13-14H,9-10H2,1-4H3,(H,24,25)/t13-,14+/m1/s1. The summed E-state index contributed by atoms with van der Waals surface area (Å²) in [6.45, 7) is 0.884. The van der Waals surface area contributed by atoms with Crippen molar-refractivity contribution in [1.29, 1.82) is 0 Å². The van der Waals surface area contributed by atoms with Crippen LogP contribution in [0.2, 0.25) is 0 Å². The van der Waals surface area contributed by atoms with Gasteiger partial charge in [0.15, 0.2) is 11.5 Å². The van der Waals surface area contributed by atoms with Crippen molar-refractivity contribution in [3.8, 4) is 11.5 Å². The van der Waals surface area contributed by atoms with Crippen LogP contribution in [0.5, 0.6) is 11.5 Å². The number of carbonyl (C=O) groups is 1. The van der Waals surface area contributed by atoms with Crippen LogP contribution in [0.1, 0.15) is 11.5 Å². The minimum atomic E-state index is -0.839. The number of benzene rings is 1. The second-order valence-corrected chi connectivity index (χ2v) is 6.67. The third kappa shape index (κ3) is 3.60. The van der Waals surface area contributed by atoms with Crippen LogP contribution in [0.15, 0.2) is 30.6 Å². The number of carboxylic acids is 1. The summed E-state index contributed by atoms with van der Waals surface area (Å²) in [5, 5.41) is 9.80. The Morgan fingerprint density at radius 2 is 2.00 bits per heavy atom. The number of hydrogen-bond donors (Lipinski definition) is 1. The molecule has 0 spiro atoms. The van der Waals surface area contributed by atoms with E-state index in [-0.39, 0.29) is 5.92 Å². The number of nitrogens with zero attached hydrogens (tertiary/aromatic N) is 4. The largest absolute Gasteiger partial charge is 0.493 e. The lowest BCUT2D eigenvalue weighted by molar-refractivity contribution is -0.141. The van der Waals surface area contributed by atoms with E-state index in [1.54, 1.807) is 20.3 Å². The van der Waals surface area contributed by atoms with E-state index in [0.29, 0.717) is 30.4 Å². The fourth-order valence-corrected chi connectivity index (χ4v) is 3.51. The molecule has 1 fully saturated rings. The van der Waals surface area contributed by atoms with Gasteiger partial charge in [0.2, 0.25) is 0 Å². The maximum atomic E-state index is 12.0. The van der Waals surface area contributed by atoms with Crippen molar-refractivity contribution in [1.82, 2.24) is 9.97 Å². The van der Waals surface area contributed by atoms with E-state index in [2.05, 4.69) is 9.97 Å². The van der Waals surface area contributed by atoms with Gasteiger partial charge in [0, 0.05) is 44.7 Å². The number of para-hydroxylation sites is 1. The number of ether oxygens (including phenoxy) is 2. The number of rotatable bonds is 6. The first kappa shape index (κ1) is 18.8. The van der Waals surface area contributed by atoms with Crippen molar-refractivity contribution in [3.05, 3.63) is 36.2 Å². The number of carboxylic acid groups (broad SMARTS) is 1. The fourth-order valence-electron chi connectivity index (χ4n) is 3.51. The maximum absolute atomic E-state index is 12.0. The normalized spacial score (nSPS) is 19.0. The first-order valence-corrected chi connectivity index (χ1v) is 8.64. The molecule has 0 bridgehead atoms. The minimum Gasteiger partial charge on any atom is -0.493 e. The first-order chi connectivity index (χ1) is 13.0. The molecule has 8 heteroatoms. The van der Waals surface area contributed by atoms with E-state index in [0.717, 1.165) is 11.4 Å². The van der Waals surface area contributed by atoms with E-state index < -0.39 is 11.9 Å². The van der Waals surface area contributed by atoms with Gasteiger partial charge in [-0.2, -0.15) is 0 Å². The van der Waals surface area contributed by atoms with Crippen LogP contribution >= 0.6 is 0 Å². The Morgan fingerprint density at radius 1 is 1.22 bits per heavy atom. The smallest absolute Gasteiger partial charge is 0.308 e. The zero-order valence-corrected chi connectivity index (χ0v) is 15.9. The van der Waals surface area contributed by atoms with Gasteiger partial charge >= 0.3 is 5.97 Å². The number of aromatic nitrogens is 2. The van der Waals surface area contributed by atoms with Gasteiger partial charge < -0.3 is 24.4 Å². The number of hydrogen-bond acceptors (Lipinski definition) is 7. The Hall–Kier alpha value is -3.03. The summed E-state index contributed by atoms with van der Waals surface area (Å²) in [6, 6.07) is 7.42. The molecule has 27 heavy (non-hydrogen) atoms. The average molecular weight is 372 g/mol. The van der Waals surface area contributed by atoms with Crippen molar-refractivity contribution in [2.75, 3.05) is 51.2 Å². The van der Waals surface area contributed by atoms with E-state index in [1.807, 2.05) is 42.1 Å². The van der Waals surface area contributed by atoms with Crippen molar-refractivity contribution in [2.45, 2.75) is 5.92 Å². The van der Waals surface area contributed by atoms with Crippen LogP contribution in [0.25, 0.3) is 0 Å². The van der Waals surface area contributed by atoms with E-state index in [1.165, 1.54) is 6.33 Å². The fraction of sp³-hybridized carbons (Fsp3) is 0.421. The van der Waals surface area contributed by atoms with E-state index in [9.17, 15) is 9.90 Å². The van der Waals surface area contributed by atoms with Crippen LogP contribution in [0, 0.1) is 5.92 Å². The molecule has 3 rings (SSSR count). The van der Waals surface area contributed by atoms with Crippen LogP contribution in [-0.2, 0) is 4.79 Å². The Labute approximate surface area is 158 Å². The molecule has 8 nitrogen and oxygen atoms in total. The molecule has 2 heterocycles. The Morgan fingerprint density at radius 3 is 2.63 bits per heavy atom.